The minimum absolute atomic E-state index is 0.0916. The summed E-state index contributed by atoms with van der Waals surface area (Å²) in [6.07, 6.45) is 2.70. The lowest BCUT2D eigenvalue weighted by Gasteiger charge is -2.28. The van der Waals surface area contributed by atoms with Crippen molar-refractivity contribution in [2.24, 2.45) is 15.9 Å². The number of thioether (sulfide) groups is 1. The molecule has 0 aromatic heterocycles. The fourth-order valence-corrected chi connectivity index (χ4v) is 5.17. The second kappa shape index (κ2) is 11.9. The average Bonchev–Trinajstić information content (AvgIpc) is 2.88. The van der Waals surface area contributed by atoms with Crippen molar-refractivity contribution in [3.05, 3.63) is 106 Å². The maximum atomic E-state index is 13.5. The number of benzene rings is 3. The molecule has 35 heavy (non-hydrogen) atoms. The van der Waals surface area contributed by atoms with Gasteiger partial charge in [0.15, 0.2) is 5.17 Å². The summed E-state index contributed by atoms with van der Waals surface area (Å²) in [5.41, 5.74) is 4.03. The lowest BCUT2D eigenvalue weighted by atomic mass is 9.87. The van der Waals surface area contributed by atoms with Gasteiger partial charge in [-0.3, -0.25) is 9.79 Å². The normalized spacial score (nSPS) is 17.6. The Kier molecular flexibility index (Phi) is 8.66. The van der Waals surface area contributed by atoms with Crippen LogP contribution >= 0.6 is 35.0 Å². The van der Waals surface area contributed by atoms with Crippen molar-refractivity contribution in [1.29, 1.82) is 0 Å². The highest BCUT2D eigenvalue weighted by atomic mass is 35.5. The number of rotatable bonds is 7. The van der Waals surface area contributed by atoms with E-state index in [1.165, 1.54) is 22.9 Å². The number of hydrogen-bond acceptors (Lipinski definition) is 4. The smallest absolute Gasteiger partial charge is 0.231 e. The van der Waals surface area contributed by atoms with Gasteiger partial charge in [-0.1, -0.05) is 102 Å². The van der Waals surface area contributed by atoms with Gasteiger partial charge in [-0.25, -0.2) is 4.99 Å². The zero-order chi connectivity index (χ0) is 24.8. The molecule has 0 saturated carbocycles. The van der Waals surface area contributed by atoms with Crippen LogP contribution in [0.15, 0.2) is 88.8 Å². The van der Waals surface area contributed by atoms with Crippen molar-refractivity contribution < 1.29 is 4.79 Å². The molecule has 1 amide bonds. The van der Waals surface area contributed by atoms with Crippen LogP contribution in [0.2, 0.25) is 10.0 Å². The summed E-state index contributed by atoms with van der Waals surface area (Å²) in [5, 5.41) is 4.72. The Morgan fingerprint density at radius 1 is 0.971 bits per heavy atom. The SMILES string of the molecule is CSC1=NC(c2ccc(Cl)c(Cl)c2)C(C(=O)NCCC(c2ccccc2)c2ccccc2)C(C)=N1. The summed E-state index contributed by atoms with van der Waals surface area (Å²) < 4.78 is 0. The van der Waals surface area contributed by atoms with E-state index in [0.29, 0.717) is 21.8 Å². The Morgan fingerprint density at radius 3 is 2.17 bits per heavy atom. The van der Waals surface area contributed by atoms with Gasteiger partial charge in [0.05, 0.1) is 16.1 Å². The molecule has 7 heteroatoms. The second-order valence-electron chi connectivity index (χ2n) is 8.42. The summed E-state index contributed by atoms with van der Waals surface area (Å²) in [4.78, 5) is 22.8. The summed E-state index contributed by atoms with van der Waals surface area (Å²) in [5.74, 6) is -0.424. The molecule has 1 aliphatic heterocycles. The highest BCUT2D eigenvalue weighted by molar-refractivity contribution is 8.13. The van der Waals surface area contributed by atoms with Crippen LogP contribution in [0.5, 0.6) is 0 Å². The summed E-state index contributed by atoms with van der Waals surface area (Å²) in [7, 11) is 0. The predicted octanol–water partition coefficient (Wildman–Crippen LogP) is 7.18. The van der Waals surface area contributed by atoms with E-state index in [-0.39, 0.29) is 11.8 Å². The molecule has 4 nitrogen and oxygen atoms in total. The summed E-state index contributed by atoms with van der Waals surface area (Å²) >= 11 is 13.9. The number of aliphatic imine (C=N–C) groups is 2. The standard InChI is InChI=1S/C28H27Cl2N3OS/c1-18-25(26(33-28(32-18)35-2)21-13-14-23(29)24(30)17-21)27(34)31-16-15-22(19-9-5-3-6-10-19)20-11-7-4-8-12-20/h3-14,17,22,25-26H,15-16H2,1-2H3,(H,31,34). The zero-order valence-corrected chi connectivity index (χ0v) is 21.9. The maximum Gasteiger partial charge on any atom is 0.231 e. The molecule has 4 rings (SSSR count). The lowest BCUT2D eigenvalue weighted by molar-refractivity contribution is -0.123. The molecule has 2 atom stereocenters. The zero-order valence-electron chi connectivity index (χ0n) is 19.6. The van der Waals surface area contributed by atoms with Crippen LogP contribution < -0.4 is 5.32 Å². The lowest BCUT2D eigenvalue weighted by Crippen LogP contribution is -2.40. The summed E-state index contributed by atoms with van der Waals surface area (Å²) in [6, 6.07) is 25.8. The number of amides is 1. The van der Waals surface area contributed by atoms with Crippen molar-refractivity contribution in [2.75, 3.05) is 12.8 Å². The number of nitrogens with one attached hydrogen (secondary N) is 1. The molecule has 3 aromatic carbocycles. The molecule has 0 fully saturated rings. The number of nitrogens with zero attached hydrogens (tertiary/aromatic N) is 2. The molecule has 0 bridgehead atoms. The number of amidine groups is 1. The first-order valence-corrected chi connectivity index (χ1v) is 13.5. The van der Waals surface area contributed by atoms with Gasteiger partial charge in [0.2, 0.25) is 5.91 Å². The van der Waals surface area contributed by atoms with Gasteiger partial charge in [-0.15, -0.1) is 0 Å². The molecule has 3 aromatic rings. The number of hydrogen-bond donors (Lipinski definition) is 1. The first-order valence-electron chi connectivity index (χ1n) is 11.5. The quantitative estimate of drug-likeness (QED) is 0.356. The van der Waals surface area contributed by atoms with E-state index in [1.54, 1.807) is 12.1 Å². The van der Waals surface area contributed by atoms with Crippen LogP contribution in [0.4, 0.5) is 0 Å². The van der Waals surface area contributed by atoms with Crippen molar-refractivity contribution in [1.82, 2.24) is 5.32 Å². The van der Waals surface area contributed by atoms with Gasteiger partial charge in [0, 0.05) is 18.2 Å². The third-order valence-corrected chi connectivity index (χ3v) is 7.47. The van der Waals surface area contributed by atoms with Crippen LogP contribution in [-0.2, 0) is 4.79 Å². The first kappa shape index (κ1) is 25.5. The van der Waals surface area contributed by atoms with Gasteiger partial charge >= 0.3 is 0 Å². The van der Waals surface area contributed by atoms with E-state index in [0.717, 1.165) is 17.7 Å². The highest BCUT2D eigenvalue weighted by Gasteiger charge is 2.35. The van der Waals surface area contributed by atoms with E-state index >= 15 is 0 Å². The Hall–Kier alpha value is -2.60. The van der Waals surface area contributed by atoms with Gasteiger partial charge < -0.3 is 5.32 Å². The molecule has 0 aliphatic carbocycles. The maximum absolute atomic E-state index is 13.5. The van der Waals surface area contributed by atoms with E-state index in [2.05, 4.69) is 58.8 Å². The molecular weight excluding hydrogens is 497 g/mol. The van der Waals surface area contributed by atoms with Crippen LogP contribution in [0.3, 0.4) is 0 Å². The Balaban J connectivity index is 1.52. The van der Waals surface area contributed by atoms with Crippen molar-refractivity contribution in [2.45, 2.75) is 25.3 Å². The molecule has 1 aliphatic rings. The van der Waals surface area contributed by atoms with Crippen LogP contribution in [0.1, 0.15) is 42.0 Å². The Bertz CT molecular complexity index is 1190. The van der Waals surface area contributed by atoms with Crippen LogP contribution in [-0.4, -0.2) is 29.6 Å². The Labute approximate surface area is 220 Å². The molecule has 180 valence electrons. The highest BCUT2D eigenvalue weighted by Crippen LogP contribution is 2.35. The molecule has 1 heterocycles. The van der Waals surface area contributed by atoms with Gasteiger partial charge in [-0.05, 0) is 48.4 Å². The van der Waals surface area contributed by atoms with Crippen molar-refractivity contribution in [3.63, 3.8) is 0 Å². The predicted molar refractivity (Wildman–Crippen MR) is 149 cm³/mol. The minimum atomic E-state index is -0.518. The molecule has 1 N–H and O–H groups in total. The van der Waals surface area contributed by atoms with Crippen LogP contribution in [0, 0.1) is 5.92 Å². The largest absolute Gasteiger partial charge is 0.355 e. The fourth-order valence-electron chi connectivity index (χ4n) is 4.41. The van der Waals surface area contributed by atoms with Gasteiger partial charge in [0.25, 0.3) is 0 Å². The molecular formula is C28H27Cl2N3OS. The minimum Gasteiger partial charge on any atom is -0.355 e. The monoisotopic (exact) mass is 523 g/mol. The van der Waals surface area contributed by atoms with E-state index in [4.69, 9.17) is 28.2 Å². The van der Waals surface area contributed by atoms with E-state index < -0.39 is 12.0 Å². The number of halogens is 2. The van der Waals surface area contributed by atoms with Crippen LogP contribution in [0.25, 0.3) is 0 Å². The first-order chi connectivity index (χ1) is 17.0. The Morgan fingerprint density at radius 2 is 1.60 bits per heavy atom. The number of carbonyl (C=O) groups is 1. The van der Waals surface area contributed by atoms with E-state index in [1.807, 2.05) is 31.4 Å². The molecule has 0 radical (unpaired) electrons. The topological polar surface area (TPSA) is 53.8 Å². The average molecular weight is 525 g/mol. The molecule has 0 saturated heterocycles. The van der Waals surface area contributed by atoms with Crippen molar-refractivity contribution in [3.8, 4) is 0 Å². The fraction of sp³-hybridized carbons (Fsp3) is 0.250. The van der Waals surface area contributed by atoms with Gasteiger partial charge in [-0.2, -0.15) is 0 Å². The second-order valence-corrected chi connectivity index (χ2v) is 10.0. The molecule has 0 spiro atoms. The number of carbonyl (C=O) groups excluding carboxylic acids is 1. The third kappa shape index (κ3) is 6.16. The van der Waals surface area contributed by atoms with E-state index in [9.17, 15) is 4.79 Å². The molecule has 2 unspecified atom stereocenters. The van der Waals surface area contributed by atoms with Gasteiger partial charge in [0.1, 0.15) is 5.92 Å². The third-order valence-electron chi connectivity index (χ3n) is 6.17. The summed E-state index contributed by atoms with van der Waals surface area (Å²) in [6.45, 7) is 2.42. The van der Waals surface area contributed by atoms with Crippen molar-refractivity contribution >= 4 is 51.8 Å².